The van der Waals surface area contributed by atoms with Gasteiger partial charge in [-0.05, 0) is 36.2 Å². The van der Waals surface area contributed by atoms with Crippen LogP contribution in [0.3, 0.4) is 0 Å². The number of benzene rings is 3. The summed E-state index contributed by atoms with van der Waals surface area (Å²) in [5, 5.41) is 0.282. The molecular formula is C28H32ClN3O4S. The molecule has 0 aliphatic carbocycles. The van der Waals surface area contributed by atoms with Crippen LogP contribution in [0, 0.1) is 0 Å². The zero-order valence-electron chi connectivity index (χ0n) is 21.1. The summed E-state index contributed by atoms with van der Waals surface area (Å²) >= 11 is 6.06. The van der Waals surface area contributed by atoms with Crippen molar-refractivity contribution in [2.45, 2.75) is 17.9 Å². The fourth-order valence-corrected chi connectivity index (χ4v) is 6.13. The van der Waals surface area contributed by atoms with Gasteiger partial charge < -0.3 is 9.64 Å². The molecule has 1 amide bonds. The average Bonchev–Trinajstić information content (AvgIpc) is 2.91. The molecule has 0 unspecified atom stereocenters. The second-order valence-corrected chi connectivity index (χ2v) is 11.4. The number of hydrogen-bond donors (Lipinski definition) is 0. The Morgan fingerprint density at radius 3 is 2.05 bits per heavy atom. The van der Waals surface area contributed by atoms with Crippen LogP contribution in [0.4, 0.5) is 0 Å². The third-order valence-electron chi connectivity index (χ3n) is 6.51. The van der Waals surface area contributed by atoms with E-state index >= 15 is 0 Å². The van der Waals surface area contributed by atoms with Gasteiger partial charge in [0, 0.05) is 38.2 Å². The number of ether oxygens (including phenoxy) is 1. The molecule has 0 radical (unpaired) electrons. The Morgan fingerprint density at radius 2 is 1.51 bits per heavy atom. The van der Waals surface area contributed by atoms with E-state index in [1.165, 1.54) is 30.3 Å². The Kier molecular flexibility index (Phi) is 8.87. The van der Waals surface area contributed by atoms with E-state index in [1.807, 2.05) is 36.4 Å². The Balaban J connectivity index is 1.44. The SMILES string of the molecule is CCOc1ccc(Cl)cc1S(=O)(=O)N(C)CC(=O)N1CCN(C(c2ccccc2)c2ccccc2)CC1. The predicted octanol–water partition coefficient (Wildman–Crippen LogP) is 4.29. The van der Waals surface area contributed by atoms with Crippen LogP contribution >= 0.6 is 11.6 Å². The van der Waals surface area contributed by atoms with Crippen molar-refractivity contribution < 1.29 is 17.9 Å². The molecule has 0 atom stereocenters. The number of rotatable bonds is 9. The fourth-order valence-electron chi connectivity index (χ4n) is 4.62. The number of carbonyl (C=O) groups is 1. The number of carbonyl (C=O) groups excluding carboxylic acids is 1. The first kappa shape index (κ1) is 27.1. The highest BCUT2D eigenvalue weighted by Gasteiger charge is 2.31. The first-order valence-electron chi connectivity index (χ1n) is 12.3. The molecular weight excluding hydrogens is 510 g/mol. The van der Waals surface area contributed by atoms with E-state index in [0.717, 1.165) is 4.31 Å². The maximum atomic E-state index is 13.3. The van der Waals surface area contributed by atoms with Gasteiger partial charge in [0.15, 0.2) is 0 Å². The van der Waals surface area contributed by atoms with Crippen molar-refractivity contribution in [2.24, 2.45) is 0 Å². The summed E-state index contributed by atoms with van der Waals surface area (Å²) in [6.45, 7) is 4.22. The third kappa shape index (κ3) is 6.33. The molecule has 3 aromatic carbocycles. The van der Waals surface area contributed by atoms with Crippen LogP contribution < -0.4 is 4.74 Å². The van der Waals surface area contributed by atoms with Crippen molar-refractivity contribution in [1.29, 1.82) is 0 Å². The number of sulfonamides is 1. The van der Waals surface area contributed by atoms with Crippen LogP contribution in [-0.4, -0.2) is 74.8 Å². The molecule has 0 aromatic heterocycles. The first-order chi connectivity index (χ1) is 17.8. The largest absolute Gasteiger partial charge is 0.492 e. The third-order valence-corrected chi connectivity index (χ3v) is 8.57. The molecule has 9 heteroatoms. The summed E-state index contributed by atoms with van der Waals surface area (Å²) in [4.78, 5) is 17.2. The molecule has 0 bridgehead atoms. The average molecular weight is 542 g/mol. The highest BCUT2D eigenvalue weighted by atomic mass is 35.5. The van der Waals surface area contributed by atoms with Crippen molar-refractivity contribution in [2.75, 3.05) is 46.4 Å². The summed E-state index contributed by atoms with van der Waals surface area (Å²) in [5.74, 6) is -0.0191. The van der Waals surface area contributed by atoms with Gasteiger partial charge in [0.25, 0.3) is 0 Å². The van der Waals surface area contributed by atoms with E-state index < -0.39 is 10.0 Å². The maximum absolute atomic E-state index is 13.3. The molecule has 196 valence electrons. The smallest absolute Gasteiger partial charge is 0.247 e. The summed E-state index contributed by atoms with van der Waals surface area (Å²) in [6.07, 6.45) is 0. The molecule has 0 spiro atoms. The van der Waals surface area contributed by atoms with Gasteiger partial charge in [0.1, 0.15) is 10.6 Å². The molecule has 37 heavy (non-hydrogen) atoms. The Bertz CT molecular complexity index is 1260. The molecule has 4 rings (SSSR count). The van der Waals surface area contributed by atoms with E-state index in [9.17, 15) is 13.2 Å². The van der Waals surface area contributed by atoms with Gasteiger partial charge in [-0.3, -0.25) is 9.69 Å². The van der Waals surface area contributed by atoms with Crippen LogP contribution in [0.1, 0.15) is 24.1 Å². The number of likely N-dealkylation sites (N-methyl/N-ethyl adjacent to an activating group) is 1. The van der Waals surface area contributed by atoms with Crippen LogP contribution in [0.2, 0.25) is 5.02 Å². The predicted molar refractivity (Wildman–Crippen MR) is 145 cm³/mol. The van der Waals surface area contributed by atoms with Crippen molar-refractivity contribution in [3.8, 4) is 5.75 Å². The zero-order chi connectivity index (χ0) is 26.4. The Labute approximate surface area is 224 Å². The molecule has 3 aromatic rings. The molecule has 0 saturated carbocycles. The molecule has 1 aliphatic heterocycles. The number of piperazine rings is 1. The first-order valence-corrected chi connectivity index (χ1v) is 14.1. The van der Waals surface area contributed by atoms with Crippen molar-refractivity contribution in [3.63, 3.8) is 0 Å². The lowest BCUT2D eigenvalue weighted by Gasteiger charge is -2.40. The minimum atomic E-state index is -3.98. The monoisotopic (exact) mass is 541 g/mol. The lowest BCUT2D eigenvalue weighted by atomic mass is 9.96. The van der Waals surface area contributed by atoms with Crippen molar-refractivity contribution in [3.05, 3.63) is 95.0 Å². The molecule has 0 N–H and O–H groups in total. The van der Waals surface area contributed by atoms with Gasteiger partial charge in [-0.1, -0.05) is 72.3 Å². The van der Waals surface area contributed by atoms with Gasteiger partial charge in [-0.2, -0.15) is 4.31 Å². The van der Waals surface area contributed by atoms with Gasteiger partial charge in [0.05, 0.1) is 19.2 Å². The fraction of sp³-hybridized carbons (Fsp3) is 0.321. The quantitative estimate of drug-likeness (QED) is 0.404. The maximum Gasteiger partial charge on any atom is 0.247 e. The summed E-state index contributed by atoms with van der Waals surface area (Å²) in [5.41, 5.74) is 2.40. The molecule has 1 fully saturated rings. The molecule has 1 aliphatic rings. The van der Waals surface area contributed by atoms with Crippen molar-refractivity contribution >= 4 is 27.5 Å². The van der Waals surface area contributed by atoms with Gasteiger partial charge in [-0.25, -0.2) is 8.42 Å². The second kappa shape index (κ2) is 12.1. The second-order valence-electron chi connectivity index (χ2n) is 8.93. The lowest BCUT2D eigenvalue weighted by Crippen LogP contribution is -2.52. The van der Waals surface area contributed by atoms with E-state index in [1.54, 1.807) is 17.9 Å². The highest BCUT2D eigenvalue weighted by molar-refractivity contribution is 7.89. The topological polar surface area (TPSA) is 70.2 Å². The van der Waals surface area contributed by atoms with Crippen LogP contribution in [0.15, 0.2) is 83.8 Å². The van der Waals surface area contributed by atoms with Gasteiger partial charge in [-0.15, -0.1) is 0 Å². The Morgan fingerprint density at radius 1 is 0.946 bits per heavy atom. The lowest BCUT2D eigenvalue weighted by molar-refractivity contribution is -0.133. The summed E-state index contributed by atoms with van der Waals surface area (Å²) < 4.78 is 33.1. The van der Waals surface area contributed by atoms with E-state index in [0.29, 0.717) is 32.8 Å². The number of halogens is 1. The minimum Gasteiger partial charge on any atom is -0.492 e. The number of amides is 1. The van der Waals surface area contributed by atoms with Crippen molar-refractivity contribution in [1.82, 2.24) is 14.1 Å². The highest BCUT2D eigenvalue weighted by Crippen LogP contribution is 2.31. The van der Waals surface area contributed by atoms with Crippen LogP contribution in [-0.2, 0) is 14.8 Å². The van der Waals surface area contributed by atoms with Crippen LogP contribution in [0.5, 0.6) is 5.75 Å². The number of hydrogen-bond acceptors (Lipinski definition) is 5. The zero-order valence-corrected chi connectivity index (χ0v) is 22.7. The molecule has 1 saturated heterocycles. The van der Waals surface area contributed by atoms with E-state index in [4.69, 9.17) is 16.3 Å². The summed E-state index contributed by atoms with van der Waals surface area (Å²) in [7, 11) is -2.57. The normalized spacial score (nSPS) is 14.8. The van der Waals surface area contributed by atoms with E-state index in [-0.39, 0.29) is 34.2 Å². The summed E-state index contributed by atoms with van der Waals surface area (Å²) in [6, 6.07) is 25.2. The number of nitrogens with zero attached hydrogens (tertiary/aromatic N) is 3. The van der Waals surface area contributed by atoms with Gasteiger partial charge >= 0.3 is 0 Å². The van der Waals surface area contributed by atoms with Gasteiger partial charge in [0.2, 0.25) is 15.9 Å². The van der Waals surface area contributed by atoms with E-state index in [2.05, 4.69) is 29.2 Å². The standard InChI is InChI=1S/C28H32ClN3O4S/c1-3-36-25-15-14-24(29)20-26(25)37(34,35)30(2)21-27(33)31-16-18-32(19-17-31)28(22-10-6-4-7-11-22)23-12-8-5-9-13-23/h4-15,20,28H,3,16-19,21H2,1-2H3. The molecule has 7 nitrogen and oxygen atoms in total. The van der Waals surface area contributed by atoms with Crippen LogP contribution in [0.25, 0.3) is 0 Å². The molecule has 1 heterocycles. The Hall–Kier alpha value is -2.91. The minimum absolute atomic E-state index is 0.0458.